The standard InChI is InChI=1S/C18H23NO3/c1-18(2,3)17(21)16-6-4-5-15(19-16)13-7-9-14(10-8-13)22-12-11-20/h4-10,17,20-21H,11-12H2,1-3H3. The molecule has 0 bridgehead atoms. The number of aliphatic hydroxyl groups is 2. The van der Waals surface area contributed by atoms with Crippen molar-refractivity contribution in [2.45, 2.75) is 26.9 Å². The molecule has 1 aromatic heterocycles. The van der Waals surface area contributed by atoms with Crippen LogP contribution in [0.3, 0.4) is 0 Å². The molecule has 2 N–H and O–H groups in total. The Morgan fingerprint density at radius 3 is 2.36 bits per heavy atom. The molecule has 0 aliphatic carbocycles. The molecule has 0 radical (unpaired) electrons. The molecular formula is C18H23NO3. The molecule has 118 valence electrons. The van der Waals surface area contributed by atoms with Crippen LogP contribution in [0.25, 0.3) is 11.3 Å². The summed E-state index contributed by atoms with van der Waals surface area (Å²) in [4.78, 5) is 4.57. The summed E-state index contributed by atoms with van der Waals surface area (Å²) < 4.78 is 5.34. The second-order valence-electron chi connectivity index (χ2n) is 6.31. The van der Waals surface area contributed by atoms with Crippen molar-refractivity contribution in [2.24, 2.45) is 5.41 Å². The van der Waals surface area contributed by atoms with Crippen LogP contribution in [0.15, 0.2) is 42.5 Å². The first-order valence-corrected chi connectivity index (χ1v) is 7.41. The van der Waals surface area contributed by atoms with E-state index >= 15 is 0 Å². The van der Waals surface area contributed by atoms with Gasteiger partial charge in [-0.3, -0.25) is 4.98 Å². The van der Waals surface area contributed by atoms with E-state index in [1.807, 2.05) is 63.2 Å². The minimum absolute atomic E-state index is 0.00392. The molecule has 22 heavy (non-hydrogen) atoms. The van der Waals surface area contributed by atoms with E-state index in [0.717, 1.165) is 11.3 Å². The summed E-state index contributed by atoms with van der Waals surface area (Å²) in [5.74, 6) is 0.712. The van der Waals surface area contributed by atoms with Crippen LogP contribution in [0.1, 0.15) is 32.6 Å². The van der Waals surface area contributed by atoms with Crippen LogP contribution in [-0.4, -0.2) is 28.4 Å². The van der Waals surface area contributed by atoms with Gasteiger partial charge in [0.2, 0.25) is 0 Å². The van der Waals surface area contributed by atoms with Crippen molar-refractivity contribution in [3.63, 3.8) is 0 Å². The van der Waals surface area contributed by atoms with E-state index in [4.69, 9.17) is 9.84 Å². The van der Waals surface area contributed by atoms with Crippen LogP contribution in [0, 0.1) is 5.41 Å². The number of ether oxygens (including phenoxy) is 1. The van der Waals surface area contributed by atoms with Gasteiger partial charge in [-0.2, -0.15) is 0 Å². The molecular weight excluding hydrogens is 278 g/mol. The Morgan fingerprint density at radius 2 is 1.77 bits per heavy atom. The number of aromatic nitrogens is 1. The maximum atomic E-state index is 10.4. The number of rotatable bonds is 5. The normalized spacial score (nSPS) is 13.0. The molecule has 0 aliphatic rings. The summed E-state index contributed by atoms with van der Waals surface area (Å²) in [5, 5.41) is 19.1. The van der Waals surface area contributed by atoms with E-state index in [0.29, 0.717) is 11.4 Å². The average molecular weight is 301 g/mol. The zero-order chi connectivity index (χ0) is 16.2. The van der Waals surface area contributed by atoms with Crippen LogP contribution in [0.2, 0.25) is 0 Å². The van der Waals surface area contributed by atoms with Gasteiger partial charge in [0.15, 0.2) is 0 Å². The van der Waals surface area contributed by atoms with Gasteiger partial charge in [-0.25, -0.2) is 0 Å². The van der Waals surface area contributed by atoms with Gasteiger partial charge in [-0.15, -0.1) is 0 Å². The smallest absolute Gasteiger partial charge is 0.119 e. The molecule has 4 nitrogen and oxygen atoms in total. The Bertz CT molecular complexity index is 602. The molecule has 1 heterocycles. The first-order chi connectivity index (χ1) is 10.4. The molecule has 1 unspecified atom stereocenters. The number of hydrogen-bond acceptors (Lipinski definition) is 4. The molecule has 0 fully saturated rings. The molecule has 0 aliphatic heterocycles. The van der Waals surface area contributed by atoms with E-state index in [1.165, 1.54) is 0 Å². The Hall–Kier alpha value is -1.91. The zero-order valence-corrected chi connectivity index (χ0v) is 13.3. The summed E-state index contributed by atoms with van der Waals surface area (Å²) >= 11 is 0. The van der Waals surface area contributed by atoms with Crippen LogP contribution < -0.4 is 4.74 Å². The van der Waals surface area contributed by atoms with Gasteiger partial charge < -0.3 is 14.9 Å². The highest BCUT2D eigenvalue weighted by Gasteiger charge is 2.25. The summed E-state index contributed by atoms with van der Waals surface area (Å²) in [7, 11) is 0. The van der Waals surface area contributed by atoms with Gasteiger partial charge in [0.05, 0.1) is 18.0 Å². The second kappa shape index (κ2) is 6.90. The third-order valence-electron chi connectivity index (χ3n) is 3.38. The highest BCUT2D eigenvalue weighted by molar-refractivity contribution is 5.60. The fourth-order valence-electron chi connectivity index (χ4n) is 2.09. The van der Waals surface area contributed by atoms with E-state index in [-0.39, 0.29) is 18.6 Å². The largest absolute Gasteiger partial charge is 0.491 e. The molecule has 0 saturated heterocycles. The van der Waals surface area contributed by atoms with Gasteiger partial charge >= 0.3 is 0 Å². The number of hydrogen-bond donors (Lipinski definition) is 2. The van der Waals surface area contributed by atoms with Crippen molar-refractivity contribution < 1.29 is 14.9 Å². The van der Waals surface area contributed by atoms with Gasteiger partial charge in [0, 0.05) is 5.56 Å². The number of aliphatic hydroxyl groups excluding tert-OH is 2. The number of benzene rings is 1. The Labute approximate surface area is 131 Å². The quantitative estimate of drug-likeness (QED) is 0.890. The van der Waals surface area contributed by atoms with E-state index < -0.39 is 6.10 Å². The van der Waals surface area contributed by atoms with Crippen LogP contribution in [0.4, 0.5) is 0 Å². The van der Waals surface area contributed by atoms with Gasteiger partial charge in [0.1, 0.15) is 18.5 Å². The maximum Gasteiger partial charge on any atom is 0.119 e. The average Bonchev–Trinajstić information content (AvgIpc) is 2.52. The predicted molar refractivity (Wildman–Crippen MR) is 86.7 cm³/mol. The van der Waals surface area contributed by atoms with Gasteiger partial charge in [-0.1, -0.05) is 26.8 Å². The lowest BCUT2D eigenvalue weighted by Gasteiger charge is -2.25. The van der Waals surface area contributed by atoms with Crippen molar-refractivity contribution in [1.82, 2.24) is 4.98 Å². The Balaban J connectivity index is 2.22. The minimum atomic E-state index is -0.611. The van der Waals surface area contributed by atoms with Crippen molar-refractivity contribution in [2.75, 3.05) is 13.2 Å². The van der Waals surface area contributed by atoms with Crippen molar-refractivity contribution in [3.8, 4) is 17.0 Å². The van der Waals surface area contributed by atoms with Gasteiger partial charge in [-0.05, 0) is 41.8 Å². The molecule has 1 aromatic carbocycles. The van der Waals surface area contributed by atoms with Crippen molar-refractivity contribution in [3.05, 3.63) is 48.2 Å². The lowest BCUT2D eigenvalue weighted by atomic mass is 9.87. The fraction of sp³-hybridized carbons (Fsp3) is 0.389. The molecule has 0 amide bonds. The Morgan fingerprint density at radius 1 is 1.09 bits per heavy atom. The Kier molecular flexibility index (Phi) is 5.16. The molecule has 0 saturated carbocycles. The van der Waals surface area contributed by atoms with E-state index in [2.05, 4.69) is 4.98 Å². The van der Waals surface area contributed by atoms with Crippen molar-refractivity contribution >= 4 is 0 Å². The highest BCUT2D eigenvalue weighted by atomic mass is 16.5. The summed E-state index contributed by atoms with van der Waals surface area (Å²) in [6.45, 7) is 6.23. The minimum Gasteiger partial charge on any atom is -0.491 e. The van der Waals surface area contributed by atoms with Crippen LogP contribution in [-0.2, 0) is 0 Å². The van der Waals surface area contributed by atoms with Crippen molar-refractivity contribution in [1.29, 1.82) is 0 Å². The van der Waals surface area contributed by atoms with Crippen LogP contribution >= 0.6 is 0 Å². The number of nitrogens with zero attached hydrogens (tertiary/aromatic N) is 1. The molecule has 1 atom stereocenters. The number of pyridine rings is 1. The molecule has 4 heteroatoms. The second-order valence-corrected chi connectivity index (χ2v) is 6.31. The fourth-order valence-corrected chi connectivity index (χ4v) is 2.09. The molecule has 2 aromatic rings. The van der Waals surface area contributed by atoms with Gasteiger partial charge in [0.25, 0.3) is 0 Å². The zero-order valence-electron chi connectivity index (χ0n) is 13.3. The molecule has 2 rings (SSSR count). The SMILES string of the molecule is CC(C)(C)C(O)c1cccc(-c2ccc(OCCO)cc2)n1. The third-order valence-corrected chi connectivity index (χ3v) is 3.38. The lowest BCUT2D eigenvalue weighted by Crippen LogP contribution is -2.19. The summed E-state index contributed by atoms with van der Waals surface area (Å²) in [6, 6.07) is 13.2. The van der Waals surface area contributed by atoms with E-state index in [9.17, 15) is 5.11 Å². The maximum absolute atomic E-state index is 10.4. The first kappa shape index (κ1) is 16.5. The summed E-state index contributed by atoms with van der Waals surface area (Å²) in [6.07, 6.45) is -0.611. The van der Waals surface area contributed by atoms with Crippen LogP contribution in [0.5, 0.6) is 5.75 Å². The predicted octanol–water partition coefficient (Wildman–Crippen LogP) is 3.20. The first-order valence-electron chi connectivity index (χ1n) is 7.41. The lowest BCUT2D eigenvalue weighted by molar-refractivity contribution is 0.0590. The third kappa shape index (κ3) is 4.06. The topological polar surface area (TPSA) is 62.6 Å². The summed E-state index contributed by atoms with van der Waals surface area (Å²) in [5.41, 5.74) is 2.19. The van der Waals surface area contributed by atoms with E-state index in [1.54, 1.807) is 0 Å². The molecule has 0 spiro atoms. The highest BCUT2D eigenvalue weighted by Crippen LogP contribution is 2.32. The monoisotopic (exact) mass is 301 g/mol.